The van der Waals surface area contributed by atoms with Crippen molar-refractivity contribution in [3.8, 4) is 5.75 Å². The molecule has 1 heterocycles. The molecule has 2 aromatic carbocycles. The lowest BCUT2D eigenvalue weighted by atomic mass is 10.1. The molecule has 1 N–H and O–H groups in total. The van der Waals surface area contributed by atoms with Crippen molar-refractivity contribution < 1.29 is 22.7 Å². The molecule has 0 spiro atoms. The number of rotatable bonds is 6. The Bertz CT molecular complexity index is 1090. The largest absolute Gasteiger partial charge is 0.495 e. The van der Waals surface area contributed by atoms with Gasteiger partial charge >= 0.3 is 0 Å². The number of methoxy groups -OCH3 is 1. The molecular weight excluding hydrogens is 430 g/mol. The Labute approximate surface area is 180 Å². The van der Waals surface area contributed by atoms with E-state index in [1.165, 1.54) is 38.2 Å². The van der Waals surface area contributed by atoms with Gasteiger partial charge in [-0.1, -0.05) is 23.7 Å². The standard InChI is InChI=1S/C20H22ClN3O5S/c1-23(2)30(27,28)18-7-5-4-6-15(18)22-20(26)13-10-19(25)24(12-13)16-11-14(21)8-9-17(16)29-3/h4-9,11,13H,10,12H2,1-3H3,(H,22,26). The van der Waals surface area contributed by atoms with Crippen LogP contribution in [0.2, 0.25) is 5.02 Å². The molecular formula is C20H22ClN3O5S. The van der Waals surface area contributed by atoms with Gasteiger partial charge in [0.1, 0.15) is 10.6 Å². The van der Waals surface area contributed by atoms with Crippen LogP contribution in [0.15, 0.2) is 47.4 Å². The third-order valence-corrected chi connectivity index (χ3v) is 6.94. The molecule has 0 radical (unpaired) electrons. The molecule has 8 nitrogen and oxygen atoms in total. The number of amides is 2. The zero-order valence-corrected chi connectivity index (χ0v) is 18.3. The van der Waals surface area contributed by atoms with E-state index in [2.05, 4.69) is 5.32 Å². The number of benzene rings is 2. The fraction of sp³-hybridized carbons (Fsp3) is 0.300. The Morgan fingerprint density at radius 3 is 2.60 bits per heavy atom. The fourth-order valence-electron chi connectivity index (χ4n) is 3.22. The first-order valence-electron chi connectivity index (χ1n) is 9.11. The summed E-state index contributed by atoms with van der Waals surface area (Å²) in [6.07, 6.45) is -0.00982. The van der Waals surface area contributed by atoms with Gasteiger partial charge in [0.15, 0.2) is 0 Å². The van der Waals surface area contributed by atoms with Gasteiger partial charge in [0.25, 0.3) is 0 Å². The minimum Gasteiger partial charge on any atom is -0.495 e. The molecule has 1 fully saturated rings. The molecule has 160 valence electrons. The summed E-state index contributed by atoms with van der Waals surface area (Å²) in [5.74, 6) is -0.870. The molecule has 30 heavy (non-hydrogen) atoms. The smallest absolute Gasteiger partial charge is 0.244 e. The predicted octanol–water partition coefficient (Wildman–Crippen LogP) is 2.59. The van der Waals surface area contributed by atoms with Gasteiger partial charge in [0.05, 0.1) is 24.4 Å². The maximum Gasteiger partial charge on any atom is 0.244 e. The Hall–Kier alpha value is -2.62. The van der Waals surface area contributed by atoms with Crippen LogP contribution in [0.5, 0.6) is 5.75 Å². The minimum atomic E-state index is -3.74. The first-order chi connectivity index (χ1) is 14.1. The van der Waals surface area contributed by atoms with E-state index in [1.807, 2.05) is 0 Å². The van der Waals surface area contributed by atoms with Crippen molar-refractivity contribution in [2.24, 2.45) is 5.92 Å². The molecule has 0 aliphatic carbocycles. The van der Waals surface area contributed by atoms with Gasteiger partial charge in [-0.25, -0.2) is 12.7 Å². The average Bonchev–Trinajstić information content (AvgIpc) is 3.09. The number of anilines is 2. The van der Waals surface area contributed by atoms with E-state index in [0.717, 1.165) is 4.31 Å². The quantitative estimate of drug-likeness (QED) is 0.728. The summed E-state index contributed by atoms with van der Waals surface area (Å²) in [5.41, 5.74) is 0.656. The van der Waals surface area contributed by atoms with Crippen molar-refractivity contribution in [1.29, 1.82) is 0 Å². The SMILES string of the molecule is COc1ccc(Cl)cc1N1CC(C(=O)Nc2ccccc2S(=O)(=O)N(C)C)CC1=O. The molecule has 0 aromatic heterocycles. The first kappa shape index (κ1) is 22.1. The maximum absolute atomic E-state index is 12.9. The molecule has 3 rings (SSSR count). The van der Waals surface area contributed by atoms with Crippen molar-refractivity contribution in [3.05, 3.63) is 47.5 Å². The van der Waals surface area contributed by atoms with Crippen LogP contribution >= 0.6 is 11.6 Å². The van der Waals surface area contributed by atoms with Crippen LogP contribution in [0.3, 0.4) is 0 Å². The van der Waals surface area contributed by atoms with Crippen molar-refractivity contribution in [1.82, 2.24) is 4.31 Å². The number of hydrogen-bond acceptors (Lipinski definition) is 5. The van der Waals surface area contributed by atoms with Crippen LogP contribution in [-0.2, 0) is 19.6 Å². The van der Waals surface area contributed by atoms with Crippen LogP contribution in [0.25, 0.3) is 0 Å². The van der Waals surface area contributed by atoms with Crippen LogP contribution in [-0.4, -0.2) is 52.3 Å². The highest BCUT2D eigenvalue weighted by Crippen LogP contribution is 2.35. The van der Waals surface area contributed by atoms with E-state index in [4.69, 9.17) is 16.3 Å². The van der Waals surface area contributed by atoms with Crippen molar-refractivity contribution in [2.75, 3.05) is 38.0 Å². The topological polar surface area (TPSA) is 96.0 Å². The molecule has 2 aromatic rings. The van der Waals surface area contributed by atoms with Gasteiger partial charge in [-0.3, -0.25) is 9.59 Å². The molecule has 10 heteroatoms. The minimum absolute atomic E-state index is 0.00982. The lowest BCUT2D eigenvalue weighted by Gasteiger charge is -2.20. The Morgan fingerprint density at radius 1 is 1.23 bits per heavy atom. The van der Waals surface area contributed by atoms with E-state index in [0.29, 0.717) is 16.5 Å². The first-order valence-corrected chi connectivity index (χ1v) is 10.9. The zero-order valence-electron chi connectivity index (χ0n) is 16.8. The third-order valence-electron chi connectivity index (χ3n) is 4.83. The molecule has 2 amide bonds. The Morgan fingerprint density at radius 2 is 1.93 bits per heavy atom. The zero-order chi connectivity index (χ0) is 22.1. The second-order valence-electron chi connectivity index (χ2n) is 6.99. The summed E-state index contributed by atoms with van der Waals surface area (Å²) in [4.78, 5) is 26.9. The van der Waals surface area contributed by atoms with Crippen molar-refractivity contribution in [2.45, 2.75) is 11.3 Å². The predicted molar refractivity (Wildman–Crippen MR) is 114 cm³/mol. The summed E-state index contributed by atoms with van der Waals surface area (Å²) in [6.45, 7) is 0.129. The van der Waals surface area contributed by atoms with Gasteiger partial charge < -0.3 is 15.0 Å². The third kappa shape index (κ3) is 4.28. The Kier molecular flexibility index (Phi) is 6.35. The molecule has 1 aliphatic heterocycles. The van der Waals surface area contributed by atoms with Crippen molar-refractivity contribution >= 4 is 44.8 Å². The van der Waals surface area contributed by atoms with Gasteiger partial charge in [-0.15, -0.1) is 0 Å². The number of sulfonamides is 1. The number of nitrogens with zero attached hydrogens (tertiary/aromatic N) is 2. The molecule has 1 aliphatic rings. The van der Waals surface area contributed by atoms with E-state index >= 15 is 0 Å². The van der Waals surface area contributed by atoms with Crippen LogP contribution in [0, 0.1) is 5.92 Å². The normalized spacial score (nSPS) is 16.8. The van der Waals surface area contributed by atoms with Gasteiger partial charge in [0, 0.05) is 32.1 Å². The number of para-hydroxylation sites is 1. The summed E-state index contributed by atoms with van der Waals surface area (Å²) in [6, 6.07) is 11.1. The number of carbonyl (C=O) groups excluding carboxylic acids is 2. The molecule has 0 saturated carbocycles. The number of nitrogens with one attached hydrogen (secondary N) is 1. The van der Waals surface area contributed by atoms with Gasteiger partial charge in [0.2, 0.25) is 21.8 Å². The summed E-state index contributed by atoms with van der Waals surface area (Å²) in [7, 11) is 0.574. The average molecular weight is 452 g/mol. The molecule has 1 atom stereocenters. The van der Waals surface area contributed by atoms with E-state index in [-0.39, 0.29) is 29.5 Å². The highest BCUT2D eigenvalue weighted by molar-refractivity contribution is 7.89. The van der Waals surface area contributed by atoms with E-state index in [9.17, 15) is 18.0 Å². The monoisotopic (exact) mass is 451 g/mol. The molecule has 1 unspecified atom stereocenters. The summed E-state index contributed by atoms with van der Waals surface area (Å²) >= 11 is 6.06. The van der Waals surface area contributed by atoms with Crippen LogP contribution < -0.4 is 15.0 Å². The second-order valence-corrected chi connectivity index (χ2v) is 9.55. The highest BCUT2D eigenvalue weighted by atomic mass is 35.5. The maximum atomic E-state index is 12.9. The number of ether oxygens (including phenoxy) is 1. The van der Waals surface area contributed by atoms with Gasteiger partial charge in [-0.2, -0.15) is 0 Å². The Balaban J connectivity index is 1.83. The number of halogens is 1. The lowest BCUT2D eigenvalue weighted by molar-refractivity contribution is -0.122. The summed E-state index contributed by atoms with van der Waals surface area (Å²) in [5, 5.41) is 3.10. The number of carbonyl (C=O) groups is 2. The second kappa shape index (κ2) is 8.63. The van der Waals surface area contributed by atoms with E-state index in [1.54, 1.807) is 30.3 Å². The number of hydrogen-bond donors (Lipinski definition) is 1. The van der Waals surface area contributed by atoms with Crippen molar-refractivity contribution in [3.63, 3.8) is 0 Å². The van der Waals surface area contributed by atoms with E-state index < -0.39 is 21.8 Å². The summed E-state index contributed by atoms with van der Waals surface area (Å²) < 4.78 is 31.4. The highest BCUT2D eigenvalue weighted by Gasteiger charge is 2.37. The van der Waals surface area contributed by atoms with Crippen LogP contribution in [0.1, 0.15) is 6.42 Å². The van der Waals surface area contributed by atoms with Gasteiger partial charge in [-0.05, 0) is 30.3 Å². The molecule has 1 saturated heterocycles. The van der Waals surface area contributed by atoms with Crippen LogP contribution in [0.4, 0.5) is 11.4 Å². The fourth-order valence-corrected chi connectivity index (χ4v) is 4.42. The lowest BCUT2D eigenvalue weighted by Crippen LogP contribution is -2.29. The molecule has 0 bridgehead atoms.